The molecule has 0 amide bonds. The Morgan fingerprint density at radius 2 is 2.17 bits per heavy atom. The van der Waals surface area contributed by atoms with Crippen molar-refractivity contribution >= 4 is 11.6 Å². The van der Waals surface area contributed by atoms with Gasteiger partial charge in [0, 0.05) is 31.9 Å². The zero-order valence-electron chi connectivity index (χ0n) is 15.3. The van der Waals surface area contributed by atoms with E-state index >= 15 is 0 Å². The van der Waals surface area contributed by atoms with Gasteiger partial charge in [0.25, 0.3) is 0 Å². The predicted molar refractivity (Wildman–Crippen MR) is 99.4 cm³/mol. The van der Waals surface area contributed by atoms with Crippen LogP contribution in [0, 0.1) is 5.92 Å². The first-order chi connectivity index (χ1) is 11.7. The Balaban J connectivity index is 1.91. The van der Waals surface area contributed by atoms with Crippen LogP contribution in [0.4, 0.5) is 5.69 Å². The minimum Gasteiger partial charge on any atom is -0.493 e. The van der Waals surface area contributed by atoms with E-state index in [2.05, 4.69) is 27.4 Å². The molecule has 0 saturated carbocycles. The number of methoxy groups -OCH3 is 1. The summed E-state index contributed by atoms with van der Waals surface area (Å²) in [7, 11) is 3.43. The largest absolute Gasteiger partial charge is 0.493 e. The molecular weight excluding hydrogens is 304 g/mol. The van der Waals surface area contributed by atoms with Crippen LogP contribution in [0.3, 0.4) is 0 Å². The molecule has 2 rings (SSSR count). The topological polar surface area (TPSA) is 58.1 Å². The molecule has 0 aromatic heterocycles. The second-order valence-corrected chi connectivity index (χ2v) is 5.92. The molecular formula is C18H30N4O2. The molecule has 24 heavy (non-hydrogen) atoms. The van der Waals surface area contributed by atoms with E-state index in [9.17, 15) is 0 Å². The highest BCUT2D eigenvalue weighted by atomic mass is 16.5. The van der Waals surface area contributed by atoms with E-state index < -0.39 is 0 Å². The molecule has 1 saturated heterocycles. The standard InChI is InChI=1S/C18H30N4O2/c1-5-22-10-9-14(13-22)12-20-18(19-3)21-15-7-8-16(23-4)17(11-15)24-6-2/h7-8,11,14H,5-6,9-10,12-13H2,1-4H3,(H2,19,20,21). The maximum atomic E-state index is 5.62. The van der Waals surface area contributed by atoms with Gasteiger partial charge in [0.1, 0.15) is 0 Å². The van der Waals surface area contributed by atoms with E-state index in [4.69, 9.17) is 9.47 Å². The lowest BCUT2D eigenvalue weighted by Crippen LogP contribution is -2.35. The molecule has 134 valence electrons. The molecule has 6 nitrogen and oxygen atoms in total. The molecule has 1 unspecified atom stereocenters. The Bertz CT molecular complexity index is 548. The van der Waals surface area contributed by atoms with Gasteiger partial charge in [-0.1, -0.05) is 6.92 Å². The zero-order chi connectivity index (χ0) is 17.4. The molecule has 1 aliphatic rings. The number of benzene rings is 1. The van der Waals surface area contributed by atoms with Gasteiger partial charge in [-0.15, -0.1) is 0 Å². The molecule has 0 aliphatic carbocycles. The fourth-order valence-corrected chi connectivity index (χ4v) is 2.95. The maximum absolute atomic E-state index is 5.62. The Kier molecular flexibility index (Phi) is 7.18. The minimum absolute atomic E-state index is 0.600. The van der Waals surface area contributed by atoms with Crippen molar-refractivity contribution in [2.75, 3.05) is 52.3 Å². The van der Waals surface area contributed by atoms with Gasteiger partial charge in [0.05, 0.1) is 13.7 Å². The Labute approximate surface area is 145 Å². The monoisotopic (exact) mass is 334 g/mol. The van der Waals surface area contributed by atoms with Gasteiger partial charge >= 0.3 is 0 Å². The van der Waals surface area contributed by atoms with Crippen LogP contribution < -0.4 is 20.1 Å². The minimum atomic E-state index is 0.600. The molecule has 1 heterocycles. The molecule has 2 N–H and O–H groups in total. The number of anilines is 1. The summed E-state index contributed by atoms with van der Waals surface area (Å²) < 4.78 is 10.9. The third kappa shape index (κ3) is 5.03. The average molecular weight is 334 g/mol. The van der Waals surface area contributed by atoms with Gasteiger partial charge in [0.2, 0.25) is 0 Å². The maximum Gasteiger partial charge on any atom is 0.195 e. The number of guanidine groups is 1. The molecule has 0 bridgehead atoms. The van der Waals surface area contributed by atoms with Crippen LogP contribution >= 0.6 is 0 Å². The fourth-order valence-electron chi connectivity index (χ4n) is 2.95. The molecule has 6 heteroatoms. The van der Waals surface area contributed by atoms with Gasteiger partial charge in [-0.05, 0) is 44.5 Å². The molecule has 1 aliphatic heterocycles. The SMILES string of the molecule is CCOc1cc(NC(=NC)NCC2CCN(CC)C2)ccc1OC. The van der Waals surface area contributed by atoms with E-state index in [-0.39, 0.29) is 0 Å². The summed E-state index contributed by atoms with van der Waals surface area (Å²) in [6.07, 6.45) is 1.24. The Morgan fingerprint density at radius 1 is 1.33 bits per heavy atom. The lowest BCUT2D eigenvalue weighted by atomic mass is 10.1. The lowest BCUT2D eigenvalue weighted by molar-refractivity contribution is 0.311. The van der Waals surface area contributed by atoms with Gasteiger partial charge in [-0.3, -0.25) is 4.99 Å². The van der Waals surface area contributed by atoms with Crippen LogP contribution in [-0.2, 0) is 0 Å². The first-order valence-corrected chi connectivity index (χ1v) is 8.71. The van der Waals surface area contributed by atoms with Gasteiger partial charge < -0.3 is 25.0 Å². The van der Waals surface area contributed by atoms with Crippen molar-refractivity contribution in [3.8, 4) is 11.5 Å². The zero-order valence-corrected chi connectivity index (χ0v) is 15.3. The summed E-state index contributed by atoms with van der Waals surface area (Å²) in [4.78, 5) is 6.80. The number of nitrogens with zero attached hydrogens (tertiary/aromatic N) is 2. The number of hydrogen-bond donors (Lipinski definition) is 2. The van der Waals surface area contributed by atoms with Gasteiger partial charge in [0.15, 0.2) is 17.5 Å². The highest BCUT2D eigenvalue weighted by Crippen LogP contribution is 2.30. The number of likely N-dealkylation sites (tertiary alicyclic amines) is 1. The van der Waals surface area contributed by atoms with Crippen LogP contribution in [0.15, 0.2) is 23.2 Å². The molecule has 1 fully saturated rings. The van der Waals surface area contributed by atoms with E-state index in [1.807, 2.05) is 25.1 Å². The van der Waals surface area contributed by atoms with Gasteiger partial charge in [-0.2, -0.15) is 0 Å². The van der Waals surface area contributed by atoms with E-state index in [0.717, 1.165) is 42.8 Å². The number of aliphatic imine (C=N–C) groups is 1. The van der Waals surface area contributed by atoms with Crippen LogP contribution in [-0.4, -0.2) is 57.8 Å². The first kappa shape index (κ1) is 18.4. The molecule has 1 aromatic rings. The highest BCUT2D eigenvalue weighted by Gasteiger charge is 2.21. The number of rotatable bonds is 7. The summed E-state index contributed by atoms with van der Waals surface area (Å²) in [6, 6.07) is 5.79. The van der Waals surface area contributed by atoms with Crippen molar-refractivity contribution in [1.29, 1.82) is 0 Å². The molecule has 0 spiro atoms. The number of hydrogen-bond acceptors (Lipinski definition) is 4. The van der Waals surface area contributed by atoms with Crippen molar-refractivity contribution in [3.05, 3.63) is 18.2 Å². The average Bonchev–Trinajstić information content (AvgIpc) is 3.07. The van der Waals surface area contributed by atoms with Crippen LogP contribution in [0.1, 0.15) is 20.3 Å². The summed E-state index contributed by atoms with van der Waals surface area (Å²) >= 11 is 0. The summed E-state index contributed by atoms with van der Waals surface area (Å²) in [5, 5.41) is 6.74. The van der Waals surface area contributed by atoms with Crippen molar-refractivity contribution in [2.24, 2.45) is 10.9 Å². The number of ether oxygens (including phenoxy) is 2. The highest BCUT2D eigenvalue weighted by molar-refractivity contribution is 5.93. The first-order valence-electron chi connectivity index (χ1n) is 8.71. The molecule has 1 aromatic carbocycles. The van der Waals surface area contributed by atoms with Crippen molar-refractivity contribution in [2.45, 2.75) is 20.3 Å². The third-order valence-corrected chi connectivity index (χ3v) is 4.33. The summed E-state index contributed by atoms with van der Waals surface area (Å²) in [6.45, 7) is 9.21. The second kappa shape index (κ2) is 9.37. The summed E-state index contributed by atoms with van der Waals surface area (Å²) in [5.74, 6) is 2.92. The Morgan fingerprint density at radius 3 is 2.79 bits per heavy atom. The fraction of sp³-hybridized carbons (Fsp3) is 0.611. The second-order valence-electron chi connectivity index (χ2n) is 5.92. The molecule has 1 atom stereocenters. The normalized spacial score (nSPS) is 18.5. The summed E-state index contributed by atoms with van der Waals surface area (Å²) in [5.41, 5.74) is 0.925. The lowest BCUT2D eigenvalue weighted by Gasteiger charge is -2.17. The molecule has 0 radical (unpaired) electrons. The van der Waals surface area contributed by atoms with Crippen LogP contribution in [0.25, 0.3) is 0 Å². The third-order valence-electron chi connectivity index (χ3n) is 4.33. The van der Waals surface area contributed by atoms with E-state index in [1.165, 1.54) is 13.0 Å². The quantitative estimate of drug-likeness (QED) is 0.592. The van der Waals surface area contributed by atoms with Gasteiger partial charge in [-0.25, -0.2) is 0 Å². The van der Waals surface area contributed by atoms with Crippen molar-refractivity contribution in [3.63, 3.8) is 0 Å². The van der Waals surface area contributed by atoms with Crippen LogP contribution in [0.5, 0.6) is 11.5 Å². The van der Waals surface area contributed by atoms with Crippen LogP contribution in [0.2, 0.25) is 0 Å². The van der Waals surface area contributed by atoms with Crippen molar-refractivity contribution < 1.29 is 9.47 Å². The Hall–Kier alpha value is -1.95. The van der Waals surface area contributed by atoms with E-state index in [1.54, 1.807) is 14.2 Å². The van der Waals surface area contributed by atoms with E-state index in [0.29, 0.717) is 12.5 Å². The van der Waals surface area contributed by atoms with Crippen molar-refractivity contribution in [1.82, 2.24) is 10.2 Å². The predicted octanol–water partition coefficient (Wildman–Crippen LogP) is 2.42. The smallest absolute Gasteiger partial charge is 0.195 e. The number of nitrogens with one attached hydrogen (secondary N) is 2.